The van der Waals surface area contributed by atoms with E-state index in [2.05, 4.69) is 47.9 Å². The largest absolute Gasteiger partial charge is 0.480 e. The topological polar surface area (TPSA) is 56.7 Å². The number of hydrogen-bond donors (Lipinski definition) is 1. The van der Waals surface area contributed by atoms with Crippen LogP contribution in [0.25, 0.3) is 0 Å². The van der Waals surface area contributed by atoms with E-state index in [0.29, 0.717) is 27.8 Å². The van der Waals surface area contributed by atoms with Crippen LogP contribution in [0.5, 0.6) is 0 Å². The summed E-state index contributed by atoms with van der Waals surface area (Å²) in [6.45, 7) is 15.2. The molecule has 0 spiro atoms. The number of benzene rings is 2. The summed E-state index contributed by atoms with van der Waals surface area (Å²) < 4.78 is 0. The van der Waals surface area contributed by atoms with E-state index in [1.54, 1.807) is 6.07 Å². The molecule has 2 saturated heterocycles. The lowest BCUT2D eigenvalue weighted by Gasteiger charge is -2.36. The van der Waals surface area contributed by atoms with Gasteiger partial charge in [0.25, 0.3) is 0 Å². The van der Waals surface area contributed by atoms with Crippen molar-refractivity contribution in [3.8, 4) is 0 Å². The van der Waals surface area contributed by atoms with Gasteiger partial charge in [0.1, 0.15) is 6.04 Å². The van der Waals surface area contributed by atoms with Gasteiger partial charge >= 0.3 is 5.97 Å². The second kappa shape index (κ2) is 13.6. The van der Waals surface area contributed by atoms with Crippen LogP contribution >= 0.6 is 34.5 Å². The van der Waals surface area contributed by atoms with Crippen molar-refractivity contribution in [1.29, 1.82) is 0 Å². The summed E-state index contributed by atoms with van der Waals surface area (Å²) in [7, 11) is 0. The minimum Gasteiger partial charge on any atom is -0.480 e. The third-order valence-electron chi connectivity index (χ3n) is 9.27. The minimum absolute atomic E-state index is 0.331. The molecule has 0 saturated carbocycles. The van der Waals surface area contributed by atoms with Crippen LogP contribution in [-0.4, -0.2) is 64.6 Å². The smallest absolute Gasteiger partial charge is 0.321 e. The molecular formula is C35H45Cl2N3O2S. The van der Waals surface area contributed by atoms with Gasteiger partial charge in [-0.05, 0) is 79.8 Å². The van der Waals surface area contributed by atoms with E-state index >= 15 is 0 Å². The first-order valence-corrected chi connectivity index (χ1v) is 17.2. The number of aryl methyl sites for hydroxylation is 2. The van der Waals surface area contributed by atoms with Gasteiger partial charge in [-0.1, -0.05) is 86.8 Å². The first-order chi connectivity index (χ1) is 20.4. The van der Waals surface area contributed by atoms with Crippen molar-refractivity contribution in [1.82, 2.24) is 14.8 Å². The predicted octanol–water partition coefficient (Wildman–Crippen LogP) is 8.31. The number of halogens is 2. The average molecular weight is 643 g/mol. The summed E-state index contributed by atoms with van der Waals surface area (Å²) in [4.78, 5) is 23.8. The number of carboxylic acids is 1. The molecule has 2 aromatic carbocycles. The van der Waals surface area contributed by atoms with Crippen LogP contribution in [0, 0.1) is 18.3 Å². The molecule has 8 heteroatoms. The number of likely N-dealkylation sites (tertiary alicyclic amines) is 2. The standard InChI is InChI=1S/C35H45Cl2N3O2S/c1-6-30-32(43-31(38-30)17-25-10-11-27(36)18-29(25)37)23-12-14-39(15-13-23)19-26-20-40(33(34(41)42)35(3,4)5)21-28(26)24-9-7-8-22(2)16-24/h7-11,16,18,23,26,28,33H,6,12-15,17,19-21H2,1-5H3,(H,41,42)/t26-,28+,33-/m0/s1. The molecule has 0 bridgehead atoms. The molecule has 1 aromatic heterocycles. The zero-order valence-electron chi connectivity index (χ0n) is 26.1. The van der Waals surface area contributed by atoms with Crippen molar-refractivity contribution in [2.45, 2.75) is 78.2 Å². The lowest BCUT2D eigenvalue weighted by atomic mass is 9.85. The number of carboxylic acid groups (broad SMARTS) is 1. The fraction of sp³-hybridized carbons (Fsp3) is 0.543. The van der Waals surface area contributed by atoms with E-state index < -0.39 is 12.0 Å². The monoisotopic (exact) mass is 641 g/mol. The van der Waals surface area contributed by atoms with Crippen molar-refractivity contribution in [3.05, 3.63) is 84.8 Å². The second-order valence-electron chi connectivity index (χ2n) is 13.6. The fourth-order valence-electron chi connectivity index (χ4n) is 7.25. The number of thiazole rings is 1. The van der Waals surface area contributed by atoms with Crippen LogP contribution in [0.4, 0.5) is 0 Å². The maximum atomic E-state index is 12.4. The lowest BCUT2D eigenvalue weighted by Crippen LogP contribution is -2.48. The number of nitrogens with zero attached hydrogens (tertiary/aromatic N) is 3. The van der Waals surface area contributed by atoms with Gasteiger partial charge in [-0.2, -0.15) is 0 Å². The first kappa shape index (κ1) is 32.4. The van der Waals surface area contributed by atoms with Gasteiger partial charge < -0.3 is 10.0 Å². The third-order valence-corrected chi connectivity index (χ3v) is 11.1. The molecular weight excluding hydrogens is 597 g/mol. The second-order valence-corrected chi connectivity index (χ2v) is 15.6. The molecule has 3 heterocycles. The molecule has 0 aliphatic carbocycles. The van der Waals surface area contributed by atoms with Crippen LogP contribution in [-0.2, 0) is 17.6 Å². The van der Waals surface area contributed by atoms with Crippen LogP contribution < -0.4 is 0 Å². The van der Waals surface area contributed by atoms with E-state index in [4.69, 9.17) is 28.2 Å². The number of hydrogen-bond acceptors (Lipinski definition) is 5. The Morgan fingerprint density at radius 3 is 2.49 bits per heavy atom. The molecule has 1 N–H and O–H groups in total. The van der Waals surface area contributed by atoms with Gasteiger partial charge in [0, 0.05) is 46.9 Å². The molecule has 5 nitrogen and oxygen atoms in total. The lowest BCUT2D eigenvalue weighted by molar-refractivity contribution is -0.147. The highest BCUT2D eigenvalue weighted by Gasteiger charge is 2.44. The summed E-state index contributed by atoms with van der Waals surface area (Å²) in [6.07, 6.45) is 3.93. The summed E-state index contributed by atoms with van der Waals surface area (Å²) in [5.74, 6) is 0.541. The van der Waals surface area contributed by atoms with Crippen molar-refractivity contribution in [2.24, 2.45) is 11.3 Å². The number of rotatable bonds is 9. The van der Waals surface area contributed by atoms with Gasteiger partial charge in [-0.3, -0.25) is 9.69 Å². The molecule has 3 aromatic rings. The van der Waals surface area contributed by atoms with E-state index in [-0.39, 0.29) is 5.41 Å². The molecule has 2 fully saturated rings. The Balaban J connectivity index is 1.27. The molecule has 3 atom stereocenters. The summed E-state index contributed by atoms with van der Waals surface area (Å²) >= 11 is 14.4. The van der Waals surface area contributed by atoms with Gasteiger partial charge in [0.15, 0.2) is 0 Å². The summed E-state index contributed by atoms with van der Waals surface area (Å²) in [5.41, 5.74) is 4.56. The fourth-order valence-corrected chi connectivity index (χ4v) is 9.08. The molecule has 2 aliphatic heterocycles. The number of piperidine rings is 1. The average Bonchev–Trinajstić information content (AvgIpc) is 3.53. The molecule has 0 amide bonds. The molecule has 2 aliphatic rings. The Kier molecular flexibility index (Phi) is 10.2. The van der Waals surface area contributed by atoms with E-state index in [9.17, 15) is 9.90 Å². The van der Waals surface area contributed by atoms with E-state index in [0.717, 1.165) is 69.0 Å². The van der Waals surface area contributed by atoms with E-state index in [1.807, 2.05) is 44.2 Å². The predicted molar refractivity (Wildman–Crippen MR) is 179 cm³/mol. The summed E-state index contributed by atoms with van der Waals surface area (Å²) in [5, 5.41) is 12.7. The molecule has 0 unspecified atom stereocenters. The minimum atomic E-state index is -0.717. The van der Waals surface area contributed by atoms with Crippen molar-refractivity contribution in [2.75, 3.05) is 32.7 Å². The van der Waals surface area contributed by atoms with Crippen molar-refractivity contribution in [3.63, 3.8) is 0 Å². The normalized spacial score (nSPS) is 21.4. The maximum Gasteiger partial charge on any atom is 0.321 e. The Labute approximate surface area is 271 Å². The first-order valence-electron chi connectivity index (χ1n) is 15.6. The highest BCUT2D eigenvalue weighted by atomic mass is 35.5. The van der Waals surface area contributed by atoms with Gasteiger partial charge in [0.05, 0.1) is 10.7 Å². The Hall–Kier alpha value is -1.96. The maximum absolute atomic E-state index is 12.4. The third kappa shape index (κ3) is 7.65. The van der Waals surface area contributed by atoms with Crippen LogP contribution in [0.1, 0.15) is 84.6 Å². The Morgan fingerprint density at radius 2 is 1.86 bits per heavy atom. The Morgan fingerprint density at radius 1 is 1.12 bits per heavy atom. The van der Waals surface area contributed by atoms with Crippen molar-refractivity contribution >= 4 is 40.5 Å². The van der Waals surface area contributed by atoms with Crippen LogP contribution in [0.2, 0.25) is 10.0 Å². The van der Waals surface area contributed by atoms with E-state index in [1.165, 1.54) is 21.7 Å². The zero-order chi connectivity index (χ0) is 30.9. The van der Waals surface area contributed by atoms with Crippen molar-refractivity contribution < 1.29 is 9.90 Å². The molecule has 43 heavy (non-hydrogen) atoms. The molecule has 232 valence electrons. The quantitative estimate of drug-likeness (QED) is 0.255. The van der Waals surface area contributed by atoms with Crippen LogP contribution in [0.15, 0.2) is 42.5 Å². The van der Waals surface area contributed by atoms with Gasteiger partial charge in [-0.25, -0.2) is 4.98 Å². The number of aromatic nitrogens is 1. The SMILES string of the molecule is CCc1nc(Cc2ccc(Cl)cc2Cl)sc1C1CCN(C[C@H]2CN([C@@H](C(=O)O)C(C)(C)C)C[C@@H]2c2cccc(C)c2)CC1. The zero-order valence-corrected chi connectivity index (χ0v) is 28.4. The molecule has 5 rings (SSSR count). The number of aliphatic carboxylic acids is 1. The highest BCUT2D eigenvalue weighted by Crippen LogP contribution is 2.40. The Bertz CT molecular complexity index is 1430. The van der Waals surface area contributed by atoms with Gasteiger partial charge in [0.2, 0.25) is 0 Å². The summed E-state index contributed by atoms with van der Waals surface area (Å²) in [6, 6.07) is 14.0. The van der Waals surface area contributed by atoms with Gasteiger partial charge in [-0.15, -0.1) is 11.3 Å². The highest BCUT2D eigenvalue weighted by molar-refractivity contribution is 7.11. The molecule has 0 radical (unpaired) electrons. The van der Waals surface area contributed by atoms with Crippen LogP contribution in [0.3, 0.4) is 0 Å². The number of carbonyl (C=O) groups is 1.